The summed E-state index contributed by atoms with van der Waals surface area (Å²) in [5.74, 6) is 0.542. The van der Waals surface area contributed by atoms with Crippen LogP contribution in [0, 0.1) is 17.8 Å². The molecule has 0 heterocycles. The number of methoxy groups -OCH3 is 1. The van der Waals surface area contributed by atoms with Crippen molar-refractivity contribution in [3.05, 3.63) is 90.5 Å². The molecule has 0 aliphatic rings. The molecule has 0 bridgehead atoms. The maximum Gasteiger partial charge on any atom is 0.261 e. The highest BCUT2D eigenvalue weighted by Gasteiger charge is 2.51. The summed E-state index contributed by atoms with van der Waals surface area (Å²) in [5.41, 5.74) is 1.04. The zero-order valence-corrected chi connectivity index (χ0v) is 32.6. The van der Waals surface area contributed by atoms with E-state index in [1.807, 2.05) is 31.2 Å². The SMILES string of the molecule is CC[Si](CC)(CC)O[C@H]([C@@H](C)[C@H](OCc1ccc(OC)cc1)[C@H](C)C=O)[C@@H](C)CO[Si](c1ccccc1)(c1ccccc1)C(C)(C)C. The van der Waals surface area contributed by atoms with Crippen molar-refractivity contribution in [2.75, 3.05) is 13.7 Å². The van der Waals surface area contributed by atoms with E-state index in [0.29, 0.717) is 13.2 Å². The van der Waals surface area contributed by atoms with Crippen LogP contribution in [0.1, 0.15) is 67.9 Å². The average molecular weight is 677 g/mol. The number of carbonyl (C=O) groups excluding carboxylic acids is 1. The quantitative estimate of drug-likeness (QED) is 0.0940. The molecule has 3 rings (SSSR count). The van der Waals surface area contributed by atoms with Crippen LogP contribution in [-0.2, 0) is 25.0 Å². The molecule has 0 spiro atoms. The largest absolute Gasteiger partial charge is 0.497 e. The van der Waals surface area contributed by atoms with Crippen LogP contribution in [0.3, 0.4) is 0 Å². The molecule has 0 aliphatic carbocycles. The zero-order chi connectivity index (χ0) is 34.7. The second kappa shape index (κ2) is 17.7. The summed E-state index contributed by atoms with van der Waals surface area (Å²) >= 11 is 0. The smallest absolute Gasteiger partial charge is 0.261 e. The predicted molar refractivity (Wildman–Crippen MR) is 201 cm³/mol. The van der Waals surface area contributed by atoms with Crippen LogP contribution in [-0.4, -0.2) is 48.8 Å². The van der Waals surface area contributed by atoms with E-state index in [4.69, 9.17) is 18.3 Å². The molecule has 0 aromatic heterocycles. The summed E-state index contributed by atoms with van der Waals surface area (Å²) in [6, 6.07) is 32.7. The van der Waals surface area contributed by atoms with E-state index in [1.54, 1.807) is 7.11 Å². The number of hydrogen-bond donors (Lipinski definition) is 0. The van der Waals surface area contributed by atoms with Gasteiger partial charge in [0.05, 0.1) is 25.9 Å². The van der Waals surface area contributed by atoms with Gasteiger partial charge in [-0.15, -0.1) is 0 Å². The molecule has 0 unspecified atom stereocenters. The summed E-state index contributed by atoms with van der Waals surface area (Å²) in [4.78, 5) is 12.3. The fourth-order valence-corrected chi connectivity index (χ4v) is 14.8. The molecule has 0 radical (unpaired) electrons. The lowest BCUT2D eigenvalue weighted by atomic mass is 9.84. The van der Waals surface area contributed by atoms with Gasteiger partial charge in [-0.3, -0.25) is 0 Å². The van der Waals surface area contributed by atoms with Crippen molar-refractivity contribution in [3.8, 4) is 5.75 Å². The molecular weight excluding hydrogens is 617 g/mol. The van der Waals surface area contributed by atoms with Crippen LogP contribution >= 0.6 is 0 Å². The highest BCUT2D eigenvalue weighted by Crippen LogP contribution is 2.39. The molecule has 5 atom stereocenters. The summed E-state index contributed by atoms with van der Waals surface area (Å²) in [6.45, 7) is 21.2. The number of aldehydes is 1. The molecule has 3 aromatic carbocycles. The van der Waals surface area contributed by atoms with E-state index in [9.17, 15) is 4.79 Å². The van der Waals surface area contributed by atoms with Crippen LogP contribution in [0.25, 0.3) is 0 Å². The van der Waals surface area contributed by atoms with Crippen molar-refractivity contribution in [3.63, 3.8) is 0 Å². The monoisotopic (exact) mass is 676 g/mol. The standard InChI is InChI=1S/C40H60O5Si2/c1-11-46(12-2,13-3)45-39(33(6)38(31(4)28-41)43-30-34-24-26-35(42-10)27-25-34)32(5)29-44-47(40(7,8)9,36-20-16-14-17-21-36)37-22-18-15-19-23-37/h14-28,31-33,38-39H,11-13,29-30H2,1-10H3/t31-,32+,33+,38-,39+/m1/s1. The number of benzene rings is 3. The van der Waals surface area contributed by atoms with E-state index < -0.39 is 16.6 Å². The number of carbonyl (C=O) groups is 1. The molecule has 5 nitrogen and oxygen atoms in total. The Morgan fingerprint density at radius 1 is 0.745 bits per heavy atom. The topological polar surface area (TPSA) is 54.0 Å². The van der Waals surface area contributed by atoms with Crippen molar-refractivity contribution < 1.29 is 23.1 Å². The van der Waals surface area contributed by atoms with Crippen molar-refractivity contribution >= 4 is 33.3 Å². The fourth-order valence-electron chi connectivity index (χ4n) is 7.10. The van der Waals surface area contributed by atoms with Gasteiger partial charge in [-0.25, -0.2) is 0 Å². The Bertz CT molecular complexity index is 1270. The minimum Gasteiger partial charge on any atom is -0.497 e. The van der Waals surface area contributed by atoms with Gasteiger partial charge in [-0.2, -0.15) is 0 Å². The molecule has 258 valence electrons. The third kappa shape index (κ3) is 9.33. The van der Waals surface area contributed by atoms with Gasteiger partial charge in [0.15, 0.2) is 8.32 Å². The van der Waals surface area contributed by atoms with E-state index >= 15 is 0 Å². The Hall–Kier alpha value is -2.56. The average Bonchev–Trinajstić information content (AvgIpc) is 3.09. The van der Waals surface area contributed by atoms with Gasteiger partial charge in [0.1, 0.15) is 12.0 Å². The van der Waals surface area contributed by atoms with Crippen molar-refractivity contribution in [2.45, 2.75) is 104 Å². The minimum atomic E-state index is -2.74. The Labute approximate surface area is 287 Å². The third-order valence-electron chi connectivity index (χ3n) is 10.2. The fraction of sp³-hybridized carbons (Fsp3) is 0.525. The maximum absolute atomic E-state index is 12.3. The third-order valence-corrected chi connectivity index (χ3v) is 19.9. The van der Waals surface area contributed by atoms with Crippen molar-refractivity contribution in [1.82, 2.24) is 0 Å². The molecular formula is C40H60O5Si2. The van der Waals surface area contributed by atoms with E-state index in [1.165, 1.54) is 10.4 Å². The predicted octanol–water partition coefficient (Wildman–Crippen LogP) is 8.65. The van der Waals surface area contributed by atoms with Crippen LogP contribution in [0.4, 0.5) is 0 Å². The lowest BCUT2D eigenvalue weighted by molar-refractivity contribution is -0.122. The first-order valence-corrected chi connectivity index (χ1v) is 22.0. The van der Waals surface area contributed by atoms with Gasteiger partial charge in [0.25, 0.3) is 8.32 Å². The molecule has 3 aromatic rings. The highest BCUT2D eigenvalue weighted by atomic mass is 28.4. The molecule has 0 N–H and O–H groups in total. The lowest BCUT2D eigenvalue weighted by Crippen LogP contribution is -2.67. The van der Waals surface area contributed by atoms with Gasteiger partial charge in [0, 0.05) is 24.4 Å². The van der Waals surface area contributed by atoms with Gasteiger partial charge >= 0.3 is 0 Å². The Morgan fingerprint density at radius 3 is 1.68 bits per heavy atom. The molecule has 0 saturated carbocycles. The number of hydrogen-bond acceptors (Lipinski definition) is 5. The van der Waals surface area contributed by atoms with Gasteiger partial charge < -0.3 is 23.1 Å². The van der Waals surface area contributed by atoms with Gasteiger partial charge in [-0.05, 0) is 51.2 Å². The Morgan fingerprint density at radius 2 is 1.26 bits per heavy atom. The normalized spacial score (nSPS) is 15.8. The molecule has 0 fully saturated rings. The van der Waals surface area contributed by atoms with Crippen LogP contribution < -0.4 is 15.1 Å². The molecule has 7 heteroatoms. The first-order chi connectivity index (χ1) is 22.4. The van der Waals surface area contributed by atoms with Crippen molar-refractivity contribution in [2.24, 2.45) is 17.8 Å². The van der Waals surface area contributed by atoms with Gasteiger partial charge in [-0.1, -0.05) is 135 Å². The Kier molecular flexibility index (Phi) is 14.7. The van der Waals surface area contributed by atoms with Crippen LogP contribution in [0.5, 0.6) is 5.75 Å². The second-order valence-electron chi connectivity index (χ2n) is 14.3. The molecule has 0 saturated heterocycles. The van der Waals surface area contributed by atoms with E-state index in [-0.39, 0.29) is 35.0 Å². The zero-order valence-electron chi connectivity index (χ0n) is 30.6. The number of rotatable bonds is 19. The first kappa shape index (κ1) is 38.9. The highest BCUT2D eigenvalue weighted by molar-refractivity contribution is 6.99. The number of ether oxygens (including phenoxy) is 2. The molecule has 0 aliphatic heterocycles. The van der Waals surface area contributed by atoms with E-state index in [0.717, 1.165) is 35.7 Å². The Balaban J connectivity index is 2.02. The van der Waals surface area contributed by atoms with Gasteiger partial charge in [0.2, 0.25) is 0 Å². The minimum absolute atomic E-state index is 0.0391. The summed E-state index contributed by atoms with van der Waals surface area (Å²) < 4.78 is 26.8. The summed E-state index contributed by atoms with van der Waals surface area (Å²) in [5, 5.41) is 2.42. The molecule has 47 heavy (non-hydrogen) atoms. The van der Waals surface area contributed by atoms with E-state index in [2.05, 4.69) is 116 Å². The lowest BCUT2D eigenvalue weighted by Gasteiger charge is -2.46. The van der Waals surface area contributed by atoms with Crippen molar-refractivity contribution in [1.29, 1.82) is 0 Å². The first-order valence-electron chi connectivity index (χ1n) is 17.5. The summed E-state index contributed by atoms with van der Waals surface area (Å²) in [7, 11) is -3.11. The van der Waals surface area contributed by atoms with Crippen LogP contribution in [0.15, 0.2) is 84.9 Å². The maximum atomic E-state index is 12.3. The second-order valence-corrected chi connectivity index (χ2v) is 23.3. The summed E-state index contributed by atoms with van der Waals surface area (Å²) in [6.07, 6.45) is 0.579. The molecule has 0 amide bonds. The van der Waals surface area contributed by atoms with Crippen LogP contribution in [0.2, 0.25) is 23.2 Å².